The Balaban J connectivity index is 0.00000166. The lowest BCUT2D eigenvalue weighted by atomic mass is 10.0. The van der Waals surface area contributed by atoms with Crippen LogP contribution in [0, 0.1) is 24.2 Å². The summed E-state index contributed by atoms with van der Waals surface area (Å²) in [6, 6.07) is 9.63. The fraction of sp³-hybridized carbons (Fsp3) is 0.391. The zero-order valence-electron chi connectivity index (χ0n) is 18.7. The molecule has 3 rings (SSSR count). The molecule has 0 saturated heterocycles. The Morgan fingerprint density at radius 3 is 2.65 bits per heavy atom. The lowest BCUT2D eigenvalue weighted by Gasteiger charge is -2.16. The summed E-state index contributed by atoms with van der Waals surface area (Å²) in [7, 11) is 0. The van der Waals surface area contributed by atoms with Crippen LogP contribution in [-0.2, 0) is 0 Å². The van der Waals surface area contributed by atoms with E-state index in [0.29, 0.717) is 35.5 Å². The van der Waals surface area contributed by atoms with E-state index >= 15 is 0 Å². The monoisotopic (exact) mass is 438 g/mol. The van der Waals surface area contributed by atoms with Crippen molar-refractivity contribution < 1.29 is 4.74 Å². The Hall–Kier alpha value is -3.02. The molecule has 0 amide bonds. The summed E-state index contributed by atoms with van der Waals surface area (Å²) >= 11 is 1.50. The van der Waals surface area contributed by atoms with Gasteiger partial charge in [0.05, 0.1) is 23.6 Å². The molecule has 1 aromatic carbocycles. The lowest BCUT2D eigenvalue weighted by Crippen LogP contribution is -2.21. The van der Waals surface area contributed by atoms with Gasteiger partial charge in [-0.1, -0.05) is 20.8 Å². The molecule has 2 heterocycles. The number of aromatic nitrogens is 3. The van der Waals surface area contributed by atoms with E-state index in [9.17, 15) is 5.26 Å². The number of nitrogens with one attached hydrogen (secondary N) is 1. The first-order valence-electron chi connectivity index (χ1n) is 10.4. The SMILES string of the molecule is CC.Cc1csc(Nc2nccc(-c3ccc(OCC(C)CC(C)N)c(C#N)c3)n2)n1. The maximum absolute atomic E-state index is 9.55. The number of thiazole rings is 1. The predicted octanol–water partition coefficient (Wildman–Crippen LogP) is 5.30. The molecule has 0 aliphatic carbocycles. The van der Waals surface area contributed by atoms with E-state index in [1.54, 1.807) is 18.3 Å². The quantitative estimate of drug-likeness (QED) is 0.491. The van der Waals surface area contributed by atoms with Gasteiger partial charge in [-0.05, 0) is 50.5 Å². The Morgan fingerprint density at radius 1 is 1.23 bits per heavy atom. The zero-order valence-corrected chi connectivity index (χ0v) is 19.5. The number of rotatable bonds is 8. The summed E-state index contributed by atoms with van der Waals surface area (Å²) in [6.07, 6.45) is 2.55. The third-order valence-corrected chi connectivity index (χ3v) is 5.06. The molecule has 2 aromatic heterocycles. The Labute approximate surface area is 188 Å². The molecule has 0 spiro atoms. The molecular weight excluding hydrogens is 408 g/mol. The number of nitrogens with two attached hydrogens (primary N) is 1. The average molecular weight is 439 g/mol. The van der Waals surface area contributed by atoms with Crippen LogP contribution in [-0.4, -0.2) is 27.6 Å². The molecule has 2 unspecified atom stereocenters. The predicted molar refractivity (Wildman–Crippen MR) is 127 cm³/mol. The normalized spacial score (nSPS) is 12.2. The molecule has 0 saturated carbocycles. The Morgan fingerprint density at radius 2 is 2.00 bits per heavy atom. The van der Waals surface area contributed by atoms with Gasteiger partial charge in [-0.15, -0.1) is 11.3 Å². The number of hydrogen-bond acceptors (Lipinski definition) is 8. The van der Waals surface area contributed by atoms with Gasteiger partial charge in [-0.3, -0.25) is 0 Å². The van der Waals surface area contributed by atoms with Gasteiger partial charge in [-0.25, -0.2) is 15.0 Å². The van der Waals surface area contributed by atoms with Crippen LogP contribution in [0.5, 0.6) is 5.75 Å². The molecule has 3 aromatic rings. The number of hydrogen-bond donors (Lipinski definition) is 2. The first-order valence-corrected chi connectivity index (χ1v) is 11.3. The van der Waals surface area contributed by atoms with Gasteiger partial charge in [0.15, 0.2) is 5.13 Å². The fourth-order valence-corrected chi connectivity index (χ4v) is 3.61. The number of aryl methyl sites for hydroxylation is 1. The van der Waals surface area contributed by atoms with Gasteiger partial charge >= 0.3 is 0 Å². The summed E-state index contributed by atoms with van der Waals surface area (Å²) in [5, 5.41) is 15.4. The van der Waals surface area contributed by atoms with Gasteiger partial charge in [0.1, 0.15) is 11.8 Å². The van der Waals surface area contributed by atoms with E-state index in [4.69, 9.17) is 10.5 Å². The molecule has 0 aliphatic heterocycles. The van der Waals surface area contributed by atoms with Crippen molar-refractivity contribution in [3.63, 3.8) is 0 Å². The molecule has 0 aliphatic rings. The molecule has 0 bridgehead atoms. The lowest BCUT2D eigenvalue weighted by molar-refractivity contribution is 0.246. The van der Waals surface area contributed by atoms with E-state index in [1.165, 1.54) is 11.3 Å². The van der Waals surface area contributed by atoms with E-state index in [-0.39, 0.29) is 6.04 Å². The van der Waals surface area contributed by atoms with E-state index in [2.05, 4.69) is 33.3 Å². The van der Waals surface area contributed by atoms with Crippen molar-refractivity contribution in [1.29, 1.82) is 5.26 Å². The van der Waals surface area contributed by atoms with Gasteiger partial charge in [0.2, 0.25) is 5.95 Å². The highest BCUT2D eigenvalue weighted by molar-refractivity contribution is 7.13. The van der Waals surface area contributed by atoms with Crippen LogP contribution in [0.1, 0.15) is 45.4 Å². The van der Waals surface area contributed by atoms with Gasteiger partial charge in [0, 0.05) is 23.2 Å². The van der Waals surface area contributed by atoms with Crippen molar-refractivity contribution in [3.8, 4) is 23.1 Å². The van der Waals surface area contributed by atoms with Crippen LogP contribution in [0.4, 0.5) is 11.1 Å². The third kappa shape index (κ3) is 7.31. The average Bonchev–Trinajstić information content (AvgIpc) is 3.17. The molecule has 8 heteroatoms. The molecular formula is C23H30N6OS. The van der Waals surface area contributed by atoms with Gasteiger partial charge in [-0.2, -0.15) is 5.26 Å². The van der Waals surface area contributed by atoms with Gasteiger partial charge in [0.25, 0.3) is 0 Å². The van der Waals surface area contributed by atoms with E-state index in [1.807, 2.05) is 45.2 Å². The molecule has 31 heavy (non-hydrogen) atoms. The molecule has 0 fully saturated rings. The fourth-order valence-electron chi connectivity index (χ4n) is 2.92. The van der Waals surface area contributed by atoms with Crippen molar-refractivity contribution in [2.75, 3.05) is 11.9 Å². The molecule has 164 valence electrons. The van der Waals surface area contributed by atoms with Crippen LogP contribution < -0.4 is 15.8 Å². The summed E-state index contributed by atoms with van der Waals surface area (Å²) < 4.78 is 5.86. The number of benzene rings is 1. The first-order chi connectivity index (χ1) is 14.9. The van der Waals surface area contributed by atoms with Crippen LogP contribution in [0.3, 0.4) is 0 Å². The minimum absolute atomic E-state index is 0.125. The van der Waals surface area contributed by atoms with Crippen LogP contribution in [0.2, 0.25) is 0 Å². The Bertz CT molecular complexity index is 1010. The molecule has 3 N–H and O–H groups in total. The molecule has 2 atom stereocenters. The number of anilines is 2. The highest BCUT2D eigenvalue weighted by Gasteiger charge is 2.11. The van der Waals surface area contributed by atoms with Crippen molar-refractivity contribution in [2.24, 2.45) is 11.7 Å². The minimum Gasteiger partial charge on any atom is -0.492 e. The zero-order chi connectivity index (χ0) is 22.8. The van der Waals surface area contributed by atoms with E-state index in [0.717, 1.165) is 22.8 Å². The van der Waals surface area contributed by atoms with Crippen LogP contribution >= 0.6 is 11.3 Å². The number of ether oxygens (including phenoxy) is 1. The smallest absolute Gasteiger partial charge is 0.229 e. The topological polar surface area (TPSA) is 110 Å². The van der Waals surface area contributed by atoms with Crippen molar-refractivity contribution in [2.45, 2.75) is 47.1 Å². The summed E-state index contributed by atoms with van der Waals surface area (Å²) in [5.74, 6) is 1.34. The van der Waals surface area contributed by atoms with Crippen LogP contribution in [0.15, 0.2) is 35.8 Å². The minimum atomic E-state index is 0.125. The highest BCUT2D eigenvalue weighted by atomic mass is 32.1. The summed E-state index contributed by atoms with van der Waals surface area (Å²) in [6.45, 7) is 10.5. The summed E-state index contributed by atoms with van der Waals surface area (Å²) in [5.41, 5.74) is 8.78. The third-order valence-electron chi connectivity index (χ3n) is 4.19. The largest absolute Gasteiger partial charge is 0.492 e. The maximum atomic E-state index is 9.55. The molecule has 0 radical (unpaired) electrons. The van der Waals surface area contributed by atoms with Crippen molar-refractivity contribution in [1.82, 2.24) is 15.0 Å². The summed E-state index contributed by atoms with van der Waals surface area (Å²) in [4.78, 5) is 13.1. The second kappa shape index (κ2) is 12.0. The number of nitrogens with zero attached hydrogens (tertiary/aromatic N) is 4. The van der Waals surface area contributed by atoms with E-state index < -0.39 is 0 Å². The molecule has 7 nitrogen and oxygen atoms in total. The number of nitriles is 1. The first kappa shape index (κ1) is 24.3. The van der Waals surface area contributed by atoms with Crippen molar-refractivity contribution >= 4 is 22.4 Å². The second-order valence-electron chi connectivity index (χ2n) is 7.14. The van der Waals surface area contributed by atoms with Crippen LogP contribution in [0.25, 0.3) is 11.3 Å². The Kier molecular flexibility index (Phi) is 9.38. The standard InChI is InChI=1S/C21H24N6OS.C2H6/c1-13(8-14(2)23)11-28-19-5-4-16(9-17(19)10-22)18-6-7-24-20(26-18)27-21-25-15(3)12-29-21;1-2/h4-7,9,12-14H,8,11,23H2,1-3H3,(H,24,25,26,27);1-2H3. The van der Waals surface area contributed by atoms with Crippen molar-refractivity contribution in [3.05, 3.63) is 47.1 Å². The second-order valence-corrected chi connectivity index (χ2v) is 7.99. The highest BCUT2D eigenvalue weighted by Crippen LogP contribution is 2.27. The van der Waals surface area contributed by atoms with Gasteiger partial charge < -0.3 is 15.8 Å². The maximum Gasteiger partial charge on any atom is 0.229 e.